The van der Waals surface area contributed by atoms with Crippen molar-refractivity contribution in [1.82, 2.24) is 10.6 Å². The van der Waals surface area contributed by atoms with Crippen LogP contribution in [0.1, 0.15) is 24.5 Å². The van der Waals surface area contributed by atoms with Crippen LogP contribution in [0.15, 0.2) is 23.2 Å². The van der Waals surface area contributed by atoms with Crippen molar-refractivity contribution in [2.45, 2.75) is 26.1 Å². The lowest BCUT2D eigenvalue weighted by molar-refractivity contribution is -0.138. The van der Waals surface area contributed by atoms with Crippen LogP contribution in [0.2, 0.25) is 0 Å². The van der Waals surface area contributed by atoms with Crippen LogP contribution in [0.5, 0.6) is 0 Å². The van der Waals surface area contributed by atoms with E-state index in [2.05, 4.69) is 15.6 Å². The van der Waals surface area contributed by atoms with Crippen LogP contribution < -0.4 is 10.6 Å². The monoisotopic (exact) mass is 523 g/mol. The summed E-state index contributed by atoms with van der Waals surface area (Å²) < 4.78 is 75.2. The Balaban J connectivity index is 0.00000364. The van der Waals surface area contributed by atoms with Crippen molar-refractivity contribution >= 4 is 39.8 Å². The Morgan fingerprint density at radius 3 is 2.56 bits per heavy atom. The Morgan fingerprint density at radius 2 is 2.00 bits per heavy atom. The van der Waals surface area contributed by atoms with Gasteiger partial charge >= 0.3 is 6.18 Å². The number of hydrogen-bond donors (Lipinski definition) is 2. The number of nitrogens with zero attached hydrogens (tertiary/aromatic N) is 1. The van der Waals surface area contributed by atoms with Gasteiger partial charge in [-0.05, 0) is 37.0 Å². The first-order valence-corrected chi connectivity index (χ1v) is 10.0. The third-order valence-electron chi connectivity index (χ3n) is 4.01. The maximum absolute atomic E-state index is 13.1. The normalized spacial score (nSPS) is 19.4. The van der Waals surface area contributed by atoms with Gasteiger partial charge in [0.15, 0.2) is 15.8 Å². The lowest BCUT2D eigenvalue weighted by Crippen LogP contribution is -2.40. The SMILES string of the molecule is CCNC(=NCc1ccc(F)cc1C(F)(F)F)NCC1CCS(=O)(=O)C1.I. The van der Waals surface area contributed by atoms with Gasteiger partial charge < -0.3 is 10.6 Å². The first-order chi connectivity index (χ1) is 12.1. The fourth-order valence-electron chi connectivity index (χ4n) is 2.73. The highest BCUT2D eigenvalue weighted by atomic mass is 127. The maximum Gasteiger partial charge on any atom is 0.416 e. The van der Waals surface area contributed by atoms with Crippen LogP contribution in [0.4, 0.5) is 17.6 Å². The summed E-state index contributed by atoms with van der Waals surface area (Å²) in [5.41, 5.74) is -1.20. The third-order valence-corrected chi connectivity index (χ3v) is 5.85. The van der Waals surface area contributed by atoms with Crippen molar-refractivity contribution in [3.8, 4) is 0 Å². The van der Waals surface area contributed by atoms with E-state index in [1.165, 1.54) is 0 Å². The molecule has 0 aromatic heterocycles. The molecule has 1 aromatic rings. The van der Waals surface area contributed by atoms with Gasteiger partial charge in [0.05, 0.1) is 23.6 Å². The van der Waals surface area contributed by atoms with E-state index in [0.717, 1.165) is 12.1 Å². The first kappa shape index (κ1) is 23.9. The molecule has 0 spiro atoms. The molecule has 1 atom stereocenters. The average Bonchev–Trinajstić information content (AvgIpc) is 2.89. The second-order valence-electron chi connectivity index (χ2n) is 6.14. The molecule has 1 heterocycles. The van der Waals surface area contributed by atoms with Crippen LogP contribution in [0, 0.1) is 11.7 Å². The summed E-state index contributed by atoms with van der Waals surface area (Å²) in [7, 11) is -3.00. The minimum absolute atomic E-state index is 0. The summed E-state index contributed by atoms with van der Waals surface area (Å²) in [6, 6.07) is 2.48. The molecule has 0 amide bonds. The number of sulfone groups is 1. The fraction of sp³-hybridized carbons (Fsp3) is 0.562. The molecule has 5 nitrogen and oxygen atoms in total. The van der Waals surface area contributed by atoms with Gasteiger partial charge in [-0.1, -0.05) is 6.07 Å². The summed E-state index contributed by atoms with van der Waals surface area (Å²) in [5, 5.41) is 5.86. The molecule has 0 bridgehead atoms. The third kappa shape index (κ3) is 7.43. The second-order valence-corrected chi connectivity index (χ2v) is 8.37. The van der Waals surface area contributed by atoms with Gasteiger partial charge in [-0.15, -0.1) is 24.0 Å². The minimum Gasteiger partial charge on any atom is -0.357 e. The van der Waals surface area contributed by atoms with Crippen LogP contribution in [0.25, 0.3) is 0 Å². The molecule has 1 fully saturated rings. The van der Waals surface area contributed by atoms with Gasteiger partial charge in [-0.25, -0.2) is 17.8 Å². The van der Waals surface area contributed by atoms with Crippen LogP contribution in [-0.4, -0.2) is 39.0 Å². The molecule has 27 heavy (non-hydrogen) atoms. The molecule has 2 N–H and O–H groups in total. The zero-order valence-corrected chi connectivity index (χ0v) is 17.8. The van der Waals surface area contributed by atoms with E-state index in [1.54, 1.807) is 6.92 Å². The molecule has 1 unspecified atom stereocenters. The van der Waals surface area contributed by atoms with Crippen LogP contribution in [-0.2, 0) is 22.6 Å². The lowest BCUT2D eigenvalue weighted by Gasteiger charge is -2.15. The zero-order chi connectivity index (χ0) is 19.4. The largest absolute Gasteiger partial charge is 0.416 e. The van der Waals surface area contributed by atoms with Gasteiger partial charge in [0.1, 0.15) is 5.82 Å². The molecule has 1 aromatic carbocycles. The molecule has 0 aliphatic carbocycles. The molecule has 1 aliphatic rings. The number of guanidine groups is 1. The summed E-state index contributed by atoms with van der Waals surface area (Å²) in [5.74, 6) is -0.486. The van der Waals surface area contributed by atoms with E-state index >= 15 is 0 Å². The molecule has 11 heteroatoms. The summed E-state index contributed by atoms with van der Waals surface area (Å²) in [6.07, 6.45) is -4.12. The Bertz CT molecular complexity index is 769. The minimum atomic E-state index is -4.67. The van der Waals surface area contributed by atoms with E-state index in [0.29, 0.717) is 25.6 Å². The molecule has 2 rings (SSSR count). The van der Waals surface area contributed by atoms with E-state index in [4.69, 9.17) is 0 Å². The van der Waals surface area contributed by atoms with Gasteiger partial charge in [-0.2, -0.15) is 13.2 Å². The molecule has 0 radical (unpaired) electrons. The van der Waals surface area contributed by atoms with Gasteiger partial charge in [0.2, 0.25) is 0 Å². The molecule has 1 saturated heterocycles. The fourth-order valence-corrected chi connectivity index (χ4v) is 4.59. The summed E-state index contributed by atoms with van der Waals surface area (Å²) >= 11 is 0. The highest BCUT2D eigenvalue weighted by molar-refractivity contribution is 14.0. The lowest BCUT2D eigenvalue weighted by atomic mass is 10.1. The Morgan fingerprint density at radius 1 is 1.30 bits per heavy atom. The number of rotatable bonds is 5. The van der Waals surface area contributed by atoms with Crippen molar-refractivity contribution in [2.75, 3.05) is 24.6 Å². The number of aliphatic imine (C=N–C) groups is 1. The second kappa shape index (κ2) is 9.89. The number of hydrogen-bond acceptors (Lipinski definition) is 3. The van der Waals surface area contributed by atoms with Crippen molar-refractivity contribution in [3.05, 3.63) is 35.1 Å². The number of benzene rings is 1. The summed E-state index contributed by atoms with van der Waals surface area (Å²) in [6.45, 7) is 2.37. The predicted molar refractivity (Wildman–Crippen MR) is 106 cm³/mol. The highest BCUT2D eigenvalue weighted by Gasteiger charge is 2.33. The van der Waals surface area contributed by atoms with Crippen molar-refractivity contribution < 1.29 is 26.0 Å². The Kier molecular flexibility index (Phi) is 8.77. The van der Waals surface area contributed by atoms with Crippen LogP contribution >= 0.6 is 24.0 Å². The van der Waals surface area contributed by atoms with E-state index < -0.39 is 27.4 Å². The van der Waals surface area contributed by atoms with Crippen molar-refractivity contribution in [3.63, 3.8) is 0 Å². The van der Waals surface area contributed by atoms with Gasteiger partial charge in [0.25, 0.3) is 0 Å². The standard InChI is InChI=1S/C16H21F4N3O2S.HI/c1-2-21-15(22-8-11-5-6-26(24,25)10-11)23-9-12-3-4-13(17)7-14(12)16(18,19)20;/h3-4,7,11H,2,5-6,8-10H2,1H3,(H2,21,22,23);1H. The first-order valence-electron chi connectivity index (χ1n) is 8.19. The van der Waals surface area contributed by atoms with Gasteiger partial charge in [-0.3, -0.25) is 0 Å². The molecular weight excluding hydrogens is 501 g/mol. The molecular formula is C16H22F4IN3O2S. The highest BCUT2D eigenvalue weighted by Crippen LogP contribution is 2.32. The van der Waals surface area contributed by atoms with E-state index in [1.807, 2.05) is 0 Å². The number of nitrogens with one attached hydrogen (secondary N) is 2. The van der Waals surface area contributed by atoms with E-state index in [-0.39, 0.29) is 59.5 Å². The number of alkyl halides is 3. The topological polar surface area (TPSA) is 70.6 Å². The van der Waals surface area contributed by atoms with Crippen molar-refractivity contribution in [2.24, 2.45) is 10.9 Å². The Labute approximate surface area is 173 Å². The molecule has 1 aliphatic heterocycles. The molecule has 0 saturated carbocycles. The zero-order valence-electron chi connectivity index (χ0n) is 14.6. The average molecular weight is 523 g/mol. The maximum atomic E-state index is 13.1. The van der Waals surface area contributed by atoms with E-state index in [9.17, 15) is 26.0 Å². The summed E-state index contributed by atoms with van der Waals surface area (Å²) in [4.78, 5) is 4.11. The predicted octanol–water partition coefficient (Wildman–Crippen LogP) is 2.95. The van der Waals surface area contributed by atoms with Gasteiger partial charge in [0, 0.05) is 13.1 Å². The molecule has 154 valence electrons. The van der Waals surface area contributed by atoms with Crippen LogP contribution in [0.3, 0.4) is 0 Å². The van der Waals surface area contributed by atoms with Crippen molar-refractivity contribution in [1.29, 1.82) is 0 Å². The Hall–Kier alpha value is -1.11. The smallest absolute Gasteiger partial charge is 0.357 e. The quantitative estimate of drug-likeness (QED) is 0.270. The number of halogens is 5.